The number of benzene rings is 2. The maximum absolute atomic E-state index is 11.8. The molecule has 0 saturated carbocycles. The van der Waals surface area contributed by atoms with Crippen LogP contribution in [0.15, 0.2) is 110 Å². The molecule has 34 heavy (non-hydrogen) atoms. The number of carbonyl (C=O) groups excluding carboxylic acids is 2. The van der Waals surface area contributed by atoms with Crippen molar-refractivity contribution in [3.63, 3.8) is 0 Å². The number of rotatable bonds is 6. The van der Waals surface area contributed by atoms with Gasteiger partial charge in [0.2, 0.25) is 0 Å². The van der Waals surface area contributed by atoms with Crippen LogP contribution in [-0.4, -0.2) is 21.5 Å². The summed E-state index contributed by atoms with van der Waals surface area (Å²) in [6.07, 6.45) is 13.2. The lowest BCUT2D eigenvalue weighted by Gasteiger charge is -1.95. The van der Waals surface area contributed by atoms with Crippen LogP contribution in [0.3, 0.4) is 0 Å². The zero-order chi connectivity index (χ0) is 24.2. The Morgan fingerprint density at radius 2 is 0.971 bits per heavy atom. The van der Waals surface area contributed by atoms with Gasteiger partial charge in [0.25, 0.3) is 0 Å². The lowest BCUT2D eigenvalue weighted by molar-refractivity contribution is 0.103. The standard InChI is InChI=1S/2C15H13NO/c2*1-12-4-6-13(7-5-12)8-9-15(17)14-3-2-10-16-11-14/h2*2-11H,1H3/b2*9-8+. The number of aromatic nitrogens is 2. The number of aryl methyl sites for hydroxylation is 2. The van der Waals surface area contributed by atoms with E-state index in [2.05, 4.69) is 9.97 Å². The van der Waals surface area contributed by atoms with Gasteiger partial charge in [0, 0.05) is 35.9 Å². The van der Waals surface area contributed by atoms with Gasteiger partial charge in [-0.3, -0.25) is 19.6 Å². The van der Waals surface area contributed by atoms with Crippen molar-refractivity contribution in [3.8, 4) is 0 Å². The molecule has 2 heterocycles. The quantitative estimate of drug-likeness (QED) is 0.248. The van der Waals surface area contributed by atoms with Crippen LogP contribution in [0, 0.1) is 13.8 Å². The van der Waals surface area contributed by atoms with Gasteiger partial charge in [0.15, 0.2) is 11.6 Å². The number of nitrogens with zero attached hydrogens (tertiary/aromatic N) is 2. The fourth-order valence-electron chi connectivity index (χ4n) is 2.91. The van der Waals surface area contributed by atoms with Gasteiger partial charge in [-0.2, -0.15) is 0 Å². The molecule has 0 aliphatic carbocycles. The molecule has 4 heteroatoms. The van der Waals surface area contributed by atoms with Crippen molar-refractivity contribution in [2.24, 2.45) is 0 Å². The molecule has 0 aliphatic heterocycles. The minimum Gasteiger partial charge on any atom is -0.289 e. The van der Waals surface area contributed by atoms with E-state index in [0.29, 0.717) is 11.1 Å². The average Bonchev–Trinajstić information content (AvgIpc) is 2.89. The predicted molar refractivity (Wildman–Crippen MR) is 138 cm³/mol. The van der Waals surface area contributed by atoms with Gasteiger partial charge < -0.3 is 0 Å². The summed E-state index contributed by atoms with van der Waals surface area (Å²) in [7, 11) is 0. The second kappa shape index (κ2) is 12.6. The van der Waals surface area contributed by atoms with E-state index in [0.717, 1.165) is 11.1 Å². The molecular weight excluding hydrogens is 420 g/mol. The third-order valence-corrected chi connectivity index (χ3v) is 4.90. The summed E-state index contributed by atoms with van der Waals surface area (Å²) in [4.78, 5) is 31.4. The van der Waals surface area contributed by atoms with Crippen molar-refractivity contribution >= 4 is 23.7 Å². The van der Waals surface area contributed by atoms with E-state index in [1.807, 2.05) is 74.5 Å². The molecule has 0 fully saturated rings. The topological polar surface area (TPSA) is 59.9 Å². The normalized spacial score (nSPS) is 10.6. The van der Waals surface area contributed by atoms with E-state index in [9.17, 15) is 9.59 Å². The van der Waals surface area contributed by atoms with E-state index in [1.165, 1.54) is 11.1 Å². The molecule has 0 aliphatic rings. The minimum absolute atomic E-state index is 0.0290. The minimum atomic E-state index is -0.0290. The summed E-state index contributed by atoms with van der Waals surface area (Å²) in [5.41, 5.74) is 5.67. The van der Waals surface area contributed by atoms with E-state index in [1.54, 1.807) is 61.2 Å². The molecule has 168 valence electrons. The SMILES string of the molecule is Cc1ccc(/C=C/C(=O)c2cccnc2)cc1.Cc1ccc(/C=C/C(=O)c2cccnc2)cc1. The lowest BCUT2D eigenvalue weighted by Crippen LogP contribution is -1.93. The van der Waals surface area contributed by atoms with Crippen LogP contribution in [0.5, 0.6) is 0 Å². The van der Waals surface area contributed by atoms with Crippen molar-refractivity contribution in [2.45, 2.75) is 13.8 Å². The fourth-order valence-corrected chi connectivity index (χ4v) is 2.91. The molecule has 0 unspecified atom stereocenters. The monoisotopic (exact) mass is 446 g/mol. The Balaban J connectivity index is 0.000000191. The van der Waals surface area contributed by atoms with Crippen molar-refractivity contribution in [1.29, 1.82) is 0 Å². The average molecular weight is 447 g/mol. The van der Waals surface area contributed by atoms with Crippen LogP contribution in [0.25, 0.3) is 12.2 Å². The first-order chi connectivity index (χ1) is 16.5. The molecule has 0 atom stereocenters. The zero-order valence-electron chi connectivity index (χ0n) is 19.3. The maximum Gasteiger partial charge on any atom is 0.187 e. The molecule has 0 bridgehead atoms. The van der Waals surface area contributed by atoms with Gasteiger partial charge in [-0.05, 0) is 61.4 Å². The first kappa shape index (κ1) is 24.2. The summed E-state index contributed by atoms with van der Waals surface area (Å²) < 4.78 is 0. The Hall–Kier alpha value is -4.44. The van der Waals surface area contributed by atoms with Gasteiger partial charge >= 0.3 is 0 Å². The smallest absolute Gasteiger partial charge is 0.187 e. The largest absolute Gasteiger partial charge is 0.289 e. The van der Waals surface area contributed by atoms with Crippen molar-refractivity contribution in [3.05, 3.63) is 143 Å². The number of carbonyl (C=O) groups is 2. The highest BCUT2D eigenvalue weighted by Gasteiger charge is 2.00. The summed E-state index contributed by atoms with van der Waals surface area (Å²) in [6, 6.07) is 23.1. The number of hydrogen-bond donors (Lipinski definition) is 0. The van der Waals surface area contributed by atoms with E-state index in [-0.39, 0.29) is 11.6 Å². The zero-order valence-corrected chi connectivity index (χ0v) is 19.3. The van der Waals surface area contributed by atoms with Gasteiger partial charge in [0.1, 0.15) is 0 Å². The summed E-state index contributed by atoms with van der Waals surface area (Å²) >= 11 is 0. The summed E-state index contributed by atoms with van der Waals surface area (Å²) in [5.74, 6) is -0.0580. The highest BCUT2D eigenvalue weighted by molar-refractivity contribution is 6.07. The molecule has 0 radical (unpaired) electrons. The molecule has 4 aromatic rings. The second-order valence-electron chi connectivity index (χ2n) is 7.70. The Morgan fingerprint density at radius 3 is 1.29 bits per heavy atom. The van der Waals surface area contributed by atoms with Gasteiger partial charge in [0.05, 0.1) is 0 Å². The number of pyridine rings is 2. The number of hydrogen-bond acceptors (Lipinski definition) is 4. The Labute approximate surface area is 200 Å². The highest BCUT2D eigenvalue weighted by atomic mass is 16.1. The molecule has 4 rings (SSSR count). The Kier molecular flexibility index (Phi) is 8.94. The first-order valence-corrected chi connectivity index (χ1v) is 10.9. The number of allylic oxidation sites excluding steroid dienone is 2. The Morgan fingerprint density at radius 1 is 0.588 bits per heavy atom. The Bertz CT molecular complexity index is 1160. The maximum atomic E-state index is 11.8. The molecule has 0 amide bonds. The molecule has 4 nitrogen and oxygen atoms in total. The van der Waals surface area contributed by atoms with Crippen LogP contribution in [0.1, 0.15) is 43.0 Å². The molecular formula is C30H26N2O2. The van der Waals surface area contributed by atoms with E-state index < -0.39 is 0 Å². The van der Waals surface area contributed by atoms with E-state index >= 15 is 0 Å². The second-order valence-corrected chi connectivity index (χ2v) is 7.70. The van der Waals surface area contributed by atoms with Crippen molar-refractivity contribution in [2.75, 3.05) is 0 Å². The van der Waals surface area contributed by atoms with Gasteiger partial charge in [-0.25, -0.2) is 0 Å². The van der Waals surface area contributed by atoms with Gasteiger partial charge in [-0.1, -0.05) is 71.8 Å². The molecule has 2 aromatic carbocycles. The van der Waals surface area contributed by atoms with Crippen molar-refractivity contribution < 1.29 is 9.59 Å². The molecule has 2 aromatic heterocycles. The summed E-state index contributed by atoms with van der Waals surface area (Å²) in [5, 5.41) is 0. The lowest BCUT2D eigenvalue weighted by atomic mass is 10.1. The molecule has 0 N–H and O–H groups in total. The first-order valence-electron chi connectivity index (χ1n) is 10.9. The molecule has 0 saturated heterocycles. The predicted octanol–water partition coefficient (Wildman–Crippen LogP) is 6.57. The van der Waals surface area contributed by atoms with E-state index in [4.69, 9.17) is 0 Å². The third-order valence-electron chi connectivity index (χ3n) is 4.90. The van der Waals surface area contributed by atoms with Crippen molar-refractivity contribution in [1.82, 2.24) is 9.97 Å². The third kappa shape index (κ3) is 7.92. The highest BCUT2D eigenvalue weighted by Crippen LogP contribution is 2.08. The molecule has 0 spiro atoms. The fraction of sp³-hybridized carbons (Fsp3) is 0.0667. The number of ketones is 2. The van der Waals surface area contributed by atoms with Gasteiger partial charge in [-0.15, -0.1) is 0 Å². The van der Waals surface area contributed by atoms with Crippen LogP contribution in [-0.2, 0) is 0 Å². The van der Waals surface area contributed by atoms with Crippen LogP contribution in [0.2, 0.25) is 0 Å². The van der Waals surface area contributed by atoms with Crippen LogP contribution >= 0.6 is 0 Å². The van der Waals surface area contributed by atoms with Crippen LogP contribution < -0.4 is 0 Å². The van der Waals surface area contributed by atoms with Crippen LogP contribution in [0.4, 0.5) is 0 Å². The summed E-state index contributed by atoms with van der Waals surface area (Å²) in [6.45, 7) is 4.07.